The van der Waals surface area contributed by atoms with Crippen LogP contribution in [0.2, 0.25) is 0 Å². The Morgan fingerprint density at radius 3 is 2.85 bits per heavy atom. The predicted octanol–water partition coefficient (Wildman–Crippen LogP) is 4.06. The molecule has 102 valence electrons. The average molecular weight is 284 g/mol. The number of carbonyl (C=O) groups excluding carboxylic acids is 1. The smallest absolute Gasteiger partial charge is 0.254 e. The van der Waals surface area contributed by atoms with Gasteiger partial charge in [0.25, 0.3) is 5.91 Å². The molecule has 0 aliphatic rings. The molecule has 0 fully saturated rings. The van der Waals surface area contributed by atoms with Crippen LogP contribution in [0.4, 0.5) is 0 Å². The van der Waals surface area contributed by atoms with Crippen LogP contribution in [0.3, 0.4) is 0 Å². The number of aromatic amines is 1. The van der Waals surface area contributed by atoms with E-state index < -0.39 is 0 Å². The Bertz CT molecular complexity index is 730. The third-order valence-electron chi connectivity index (χ3n) is 3.68. The predicted molar refractivity (Wildman–Crippen MR) is 83.1 cm³/mol. The maximum Gasteiger partial charge on any atom is 0.254 e. The van der Waals surface area contributed by atoms with Gasteiger partial charge in [0.2, 0.25) is 0 Å². The van der Waals surface area contributed by atoms with Gasteiger partial charge in [-0.1, -0.05) is 12.1 Å². The summed E-state index contributed by atoms with van der Waals surface area (Å²) in [7, 11) is 1.86. The molecule has 1 unspecified atom stereocenters. The molecule has 0 aliphatic carbocycles. The Morgan fingerprint density at radius 2 is 2.10 bits per heavy atom. The molecule has 2 aromatic heterocycles. The van der Waals surface area contributed by atoms with Gasteiger partial charge < -0.3 is 9.88 Å². The van der Waals surface area contributed by atoms with Crippen LogP contribution in [0.1, 0.15) is 28.2 Å². The van der Waals surface area contributed by atoms with Gasteiger partial charge in [-0.15, -0.1) is 11.3 Å². The van der Waals surface area contributed by atoms with E-state index in [4.69, 9.17) is 0 Å². The minimum atomic E-state index is 0.0519. The minimum absolute atomic E-state index is 0.0519. The highest BCUT2D eigenvalue weighted by Gasteiger charge is 2.21. The fraction of sp³-hybridized carbons (Fsp3) is 0.188. The van der Waals surface area contributed by atoms with E-state index in [1.165, 1.54) is 4.88 Å². The maximum absolute atomic E-state index is 12.7. The summed E-state index contributed by atoms with van der Waals surface area (Å²) >= 11 is 1.68. The lowest BCUT2D eigenvalue weighted by Gasteiger charge is -2.24. The molecule has 3 aromatic rings. The van der Waals surface area contributed by atoms with E-state index in [-0.39, 0.29) is 11.9 Å². The minimum Gasteiger partial charge on any atom is -0.361 e. The van der Waals surface area contributed by atoms with Crippen LogP contribution in [0.15, 0.2) is 48.0 Å². The number of rotatable bonds is 3. The zero-order valence-corrected chi connectivity index (χ0v) is 12.3. The Balaban J connectivity index is 1.94. The van der Waals surface area contributed by atoms with Crippen LogP contribution in [-0.4, -0.2) is 22.8 Å². The molecule has 0 aliphatic heterocycles. The average Bonchev–Trinajstić information content (AvgIpc) is 3.14. The third kappa shape index (κ3) is 2.12. The van der Waals surface area contributed by atoms with E-state index in [0.717, 1.165) is 16.5 Å². The Morgan fingerprint density at radius 1 is 1.25 bits per heavy atom. The number of hydrogen-bond donors (Lipinski definition) is 1. The first-order chi connectivity index (χ1) is 9.68. The second-order valence-corrected chi connectivity index (χ2v) is 5.83. The van der Waals surface area contributed by atoms with Crippen molar-refractivity contribution in [3.63, 3.8) is 0 Å². The molecule has 1 aromatic carbocycles. The topological polar surface area (TPSA) is 36.1 Å². The van der Waals surface area contributed by atoms with Crippen molar-refractivity contribution in [2.75, 3.05) is 7.05 Å². The molecule has 1 amide bonds. The van der Waals surface area contributed by atoms with Crippen molar-refractivity contribution in [2.24, 2.45) is 0 Å². The van der Waals surface area contributed by atoms with Gasteiger partial charge in [0, 0.05) is 34.6 Å². The summed E-state index contributed by atoms with van der Waals surface area (Å²) in [6.07, 6.45) is 1.87. The molecule has 0 spiro atoms. The zero-order valence-electron chi connectivity index (χ0n) is 11.5. The Labute approximate surface area is 121 Å². The molecule has 20 heavy (non-hydrogen) atoms. The quantitative estimate of drug-likeness (QED) is 0.773. The van der Waals surface area contributed by atoms with E-state index in [2.05, 4.69) is 18.0 Å². The second-order valence-electron chi connectivity index (χ2n) is 4.85. The van der Waals surface area contributed by atoms with Crippen molar-refractivity contribution in [3.05, 3.63) is 58.4 Å². The first-order valence-electron chi connectivity index (χ1n) is 6.55. The van der Waals surface area contributed by atoms with Crippen molar-refractivity contribution >= 4 is 28.1 Å². The zero-order chi connectivity index (χ0) is 14.1. The van der Waals surface area contributed by atoms with Crippen LogP contribution in [0.5, 0.6) is 0 Å². The summed E-state index contributed by atoms with van der Waals surface area (Å²) in [5, 5.41) is 3.01. The van der Waals surface area contributed by atoms with Gasteiger partial charge in [0.05, 0.1) is 6.04 Å². The van der Waals surface area contributed by atoms with E-state index in [0.29, 0.717) is 0 Å². The van der Waals surface area contributed by atoms with Crippen molar-refractivity contribution in [2.45, 2.75) is 13.0 Å². The lowest BCUT2D eigenvalue weighted by molar-refractivity contribution is 0.0747. The molecular formula is C16H16N2OS. The Hall–Kier alpha value is -2.07. The lowest BCUT2D eigenvalue weighted by atomic mass is 10.1. The number of aromatic nitrogens is 1. The number of fused-ring (bicyclic) bond motifs is 1. The third-order valence-corrected chi connectivity index (χ3v) is 4.72. The summed E-state index contributed by atoms with van der Waals surface area (Å²) in [5.41, 5.74) is 1.74. The molecule has 1 atom stereocenters. The van der Waals surface area contributed by atoms with Gasteiger partial charge in [0.1, 0.15) is 0 Å². The summed E-state index contributed by atoms with van der Waals surface area (Å²) < 4.78 is 0. The van der Waals surface area contributed by atoms with Crippen molar-refractivity contribution < 1.29 is 4.79 Å². The molecule has 0 saturated carbocycles. The van der Waals surface area contributed by atoms with E-state index >= 15 is 0 Å². The molecule has 2 heterocycles. The van der Waals surface area contributed by atoms with Crippen LogP contribution in [-0.2, 0) is 0 Å². The fourth-order valence-electron chi connectivity index (χ4n) is 2.36. The highest BCUT2D eigenvalue weighted by molar-refractivity contribution is 7.10. The van der Waals surface area contributed by atoms with Gasteiger partial charge in [-0.2, -0.15) is 0 Å². The van der Waals surface area contributed by atoms with Gasteiger partial charge in [-0.05, 0) is 36.6 Å². The van der Waals surface area contributed by atoms with Crippen LogP contribution < -0.4 is 0 Å². The monoisotopic (exact) mass is 284 g/mol. The highest BCUT2D eigenvalue weighted by atomic mass is 32.1. The fourth-order valence-corrected chi connectivity index (χ4v) is 3.18. The van der Waals surface area contributed by atoms with Gasteiger partial charge in [0.15, 0.2) is 0 Å². The molecule has 0 radical (unpaired) electrons. The van der Waals surface area contributed by atoms with E-state index in [1.54, 1.807) is 16.2 Å². The number of benzene rings is 1. The van der Waals surface area contributed by atoms with Crippen LogP contribution in [0, 0.1) is 0 Å². The normalized spacial score (nSPS) is 12.5. The molecule has 1 N–H and O–H groups in total. The van der Waals surface area contributed by atoms with Crippen LogP contribution in [0.25, 0.3) is 10.9 Å². The molecule has 0 bridgehead atoms. The van der Waals surface area contributed by atoms with Gasteiger partial charge in [-0.3, -0.25) is 4.79 Å². The number of H-pyrrole nitrogens is 1. The number of hydrogen-bond acceptors (Lipinski definition) is 2. The molecule has 0 saturated heterocycles. The van der Waals surface area contributed by atoms with Crippen LogP contribution >= 0.6 is 11.3 Å². The van der Waals surface area contributed by atoms with Crippen molar-refractivity contribution in [1.29, 1.82) is 0 Å². The molecule has 4 heteroatoms. The number of nitrogens with zero attached hydrogens (tertiary/aromatic N) is 1. The van der Waals surface area contributed by atoms with Crippen molar-refractivity contribution in [1.82, 2.24) is 9.88 Å². The molecule has 3 rings (SSSR count). The maximum atomic E-state index is 12.7. The Kier molecular flexibility index (Phi) is 3.32. The van der Waals surface area contributed by atoms with Crippen molar-refractivity contribution in [3.8, 4) is 0 Å². The lowest BCUT2D eigenvalue weighted by Crippen LogP contribution is -2.29. The summed E-state index contributed by atoms with van der Waals surface area (Å²) in [5.74, 6) is 0.0519. The molecule has 3 nitrogen and oxygen atoms in total. The second kappa shape index (κ2) is 5.13. The van der Waals surface area contributed by atoms with Gasteiger partial charge in [-0.25, -0.2) is 0 Å². The summed E-state index contributed by atoms with van der Waals surface area (Å²) in [6, 6.07) is 11.9. The largest absolute Gasteiger partial charge is 0.361 e. The number of carbonyl (C=O) groups is 1. The first kappa shape index (κ1) is 12.9. The number of thiophene rings is 1. The molecular weight excluding hydrogens is 268 g/mol. The standard InChI is InChI=1S/C16H16N2OS/c1-11(15-7-4-10-20-15)18(2)16(19)13-5-3-6-14-12(13)8-9-17-14/h3-11,17H,1-2H3. The first-order valence-corrected chi connectivity index (χ1v) is 7.43. The van der Waals surface area contributed by atoms with E-state index in [1.807, 2.05) is 49.0 Å². The number of amides is 1. The van der Waals surface area contributed by atoms with E-state index in [9.17, 15) is 4.79 Å². The highest BCUT2D eigenvalue weighted by Crippen LogP contribution is 2.26. The van der Waals surface area contributed by atoms with Gasteiger partial charge >= 0.3 is 0 Å². The summed E-state index contributed by atoms with van der Waals surface area (Å²) in [6.45, 7) is 2.06. The summed E-state index contributed by atoms with van der Waals surface area (Å²) in [4.78, 5) is 18.8. The SMILES string of the molecule is CC(c1cccs1)N(C)C(=O)c1cccc2[nH]ccc12. The number of nitrogens with one attached hydrogen (secondary N) is 1.